The molecule has 1 aromatic rings. The Morgan fingerprint density at radius 2 is 2.11 bits per heavy atom. The van der Waals surface area contributed by atoms with Gasteiger partial charge in [0.05, 0.1) is 26.5 Å². The lowest BCUT2D eigenvalue weighted by Crippen LogP contribution is -2.18. The number of amides is 1. The first kappa shape index (κ1) is 14.8. The molecule has 6 nitrogen and oxygen atoms in total. The van der Waals surface area contributed by atoms with Crippen LogP contribution in [0.1, 0.15) is 19.4 Å². The lowest BCUT2D eigenvalue weighted by Gasteiger charge is -2.09. The van der Waals surface area contributed by atoms with E-state index >= 15 is 0 Å². The Bertz CT molecular complexity index is 446. The predicted molar refractivity (Wildman–Crippen MR) is 71.9 cm³/mol. The van der Waals surface area contributed by atoms with Gasteiger partial charge in [-0.25, -0.2) is 10.2 Å². The Kier molecular flexibility index (Phi) is 6.21. The summed E-state index contributed by atoms with van der Waals surface area (Å²) in [6.07, 6.45) is 0.913. The van der Waals surface area contributed by atoms with Crippen molar-refractivity contribution in [3.05, 3.63) is 23.8 Å². The Labute approximate surface area is 112 Å². The number of hydrogen-bond donors (Lipinski definition) is 1. The molecule has 6 heteroatoms. The maximum Gasteiger partial charge on any atom is 0.427 e. The average molecular weight is 266 g/mol. The van der Waals surface area contributed by atoms with Crippen molar-refractivity contribution in [1.82, 2.24) is 5.43 Å². The van der Waals surface area contributed by atoms with Crippen LogP contribution in [0.3, 0.4) is 0 Å². The monoisotopic (exact) mass is 266 g/mol. The predicted octanol–water partition coefficient (Wildman–Crippen LogP) is 2.17. The van der Waals surface area contributed by atoms with Gasteiger partial charge in [0.15, 0.2) is 11.5 Å². The summed E-state index contributed by atoms with van der Waals surface area (Å²) in [6.45, 7) is 4.46. The van der Waals surface area contributed by atoms with Crippen LogP contribution in [0, 0.1) is 0 Å². The highest BCUT2D eigenvalue weighted by molar-refractivity contribution is 5.82. The second-order valence-corrected chi connectivity index (χ2v) is 3.43. The van der Waals surface area contributed by atoms with Gasteiger partial charge in [0.2, 0.25) is 0 Å². The fraction of sp³-hybridized carbons (Fsp3) is 0.385. The molecule has 1 N–H and O–H groups in total. The minimum Gasteiger partial charge on any atom is -0.493 e. The van der Waals surface area contributed by atoms with E-state index < -0.39 is 6.09 Å². The van der Waals surface area contributed by atoms with Crippen molar-refractivity contribution < 1.29 is 19.0 Å². The number of methoxy groups -OCH3 is 1. The van der Waals surface area contributed by atoms with E-state index in [0.717, 1.165) is 5.56 Å². The molecule has 104 valence electrons. The smallest absolute Gasteiger partial charge is 0.427 e. The van der Waals surface area contributed by atoms with Gasteiger partial charge in [-0.3, -0.25) is 0 Å². The van der Waals surface area contributed by atoms with Crippen LogP contribution in [-0.2, 0) is 4.74 Å². The number of rotatable bonds is 6. The molecule has 0 saturated heterocycles. The van der Waals surface area contributed by atoms with E-state index in [1.165, 1.54) is 6.21 Å². The Morgan fingerprint density at radius 1 is 1.32 bits per heavy atom. The largest absolute Gasteiger partial charge is 0.493 e. The second kappa shape index (κ2) is 7.97. The zero-order valence-corrected chi connectivity index (χ0v) is 11.3. The molecule has 0 aliphatic heterocycles. The fourth-order valence-corrected chi connectivity index (χ4v) is 1.36. The minimum atomic E-state index is -0.586. The summed E-state index contributed by atoms with van der Waals surface area (Å²) in [6, 6.07) is 5.35. The molecule has 0 bridgehead atoms. The molecule has 0 radical (unpaired) electrons. The van der Waals surface area contributed by atoms with Gasteiger partial charge in [-0.1, -0.05) is 0 Å². The van der Waals surface area contributed by atoms with Crippen molar-refractivity contribution in [2.45, 2.75) is 13.8 Å². The van der Waals surface area contributed by atoms with Crippen molar-refractivity contribution in [3.63, 3.8) is 0 Å². The molecule has 0 spiro atoms. The molecule has 0 fully saturated rings. The van der Waals surface area contributed by atoms with Gasteiger partial charge in [-0.05, 0) is 37.6 Å². The van der Waals surface area contributed by atoms with E-state index in [-0.39, 0.29) is 0 Å². The quantitative estimate of drug-likeness (QED) is 0.633. The average Bonchev–Trinajstić information content (AvgIpc) is 2.40. The molecule has 0 aliphatic carbocycles. The topological polar surface area (TPSA) is 69.2 Å². The third kappa shape index (κ3) is 4.87. The highest BCUT2D eigenvalue weighted by Gasteiger charge is 2.04. The van der Waals surface area contributed by atoms with Crippen LogP contribution < -0.4 is 14.9 Å². The first-order valence-corrected chi connectivity index (χ1v) is 5.97. The van der Waals surface area contributed by atoms with Crippen LogP contribution in [0.2, 0.25) is 0 Å². The van der Waals surface area contributed by atoms with Crippen LogP contribution in [0.25, 0.3) is 0 Å². The number of carbonyl (C=O) groups is 1. The summed E-state index contributed by atoms with van der Waals surface area (Å²) < 4.78 is 15.3. The Hall–Kier alpha value is -2.24. The molecular weight excluding hydrogens is 248 g/mol. The van der Waals surface area contributed by atoms with Crippen LogP contribution in [0.5, 0.6) is 11.5 Å². The number of nitrogens with one attached hydrogen (secondary N) is 1. The van der Waals surface area contributed by atoms with E-state index in [0.29, 0.717) is 24.7 Å². The molecule has 0 heterocycles. The lowest BCUT2D eigenvalue weighted by atomic mass is 10.2. The lowest BCUT2D eigenvalue weighted by molar-refractivity contribution is 0.152. The zero-order chi connectivity index (χ0) is 14.1. The van der Waals surface area contributed by atoms with Gasteiger partial charge in [-0.15, -0.1) is 0 Å². The van der Waals surface area contributed by atoms with Gasteiger partial charge in [0.1, 0.15) is 0 Å². The highest BCUT2D eigenvalue weighted by atomic mass is 16.5. The van der Waals surface area contributed by atoms with Crippen LogP contribution in [0.15, 0.2) is 23.3 Å². The normalized spacial score (nSPS) is 10.3. The van der Waals surface area contributed by atoms with Crippen LogP contribution in [0.4, 0.5) is 4.79 Å². The van der Waals surface area contributed by atoms with E-state index in [9.17, 15) is 4.79 Å². The van der Waals surface area contributed by atoms with E-state index in [2.05, 4.69) is 15.3 Å². The summed E-state index contributed by atoms with van der Waals surface area (Å²) in [7, 11) is 1.58. The Morgan fingerprint density at radius 3 is 2.74 bits per heavy atom. The van der Waals surface area contributed by atoms with Gasteiger partial charge >= 0.3 is 6.09 Å². The van der Waals surface area contributed by atoms with Gasteiger partial charge in [-0.2, -0.15) is 5.10 Å². The molecule has 1 rings (SSSR count). The first-order chi connectivity index (χ1) is 9.21. The van der Waals surface area contributed by atoms with Gasteiger partial charge < -0.3 is 14.2 Å². The molecule has 0 atom stereocenters. The molecule has 0 aromatic heterocycles. The maximum atomic E-state index is 11.0. The first-order valence-electron chi connectivity index (χ1n) is 5.97. The Balaban J connectivity index is 2.70. The standard InChI is InChI=1S/C13H18N2O4/c1-4-18-12-8-10(6-7-11(12)17-3)9-14-15-13(16)19-5-2/h6-9H,4-5H2,1-3H3,(H,15,16)/b14-9-. The van der Waals surface area contributed by atoms with Crippen molar-refractivity contribution in [2.24, 2.45) is 5.10 Å². The highest BCUT2D eigenvalue weighted by Crippen LogP contribution is 2.27. The molecule has 0 aliphatic rings. The number of hydrogen-bond acceptors (Lipinski definition) is 5. The molecule has 1 aromatic carbocycles. The summed E-state index contributed by atoms with van der Waals surface area (Å²) >= 11 is 0. The number of hydrazone groups is 1. The van der Waals surface area contributed by atoms with Crippen LogP contribution in [-0.4, -0.2) is 32.6 Å². The molecule has 0 unspecified atom stereocenters. The molecule has 0 saturated carbocycles. The fourth-order valence-electron chi connectivity index (χ4n) is 1.36. The second-order valence-electron chi connectivity index (χ2n) is 3.43. The van der Waals surface area contributed by atoms with Crippen molar-refractivity contribution in [3.8, 4) is 11.5 Å². The maximum absolute atomic E-state index is 11.0. The van der Waals surface area contributed by atoms with Gasteiger partial charge in [0.25, 0.3) is 0 Å². The third-order valence-electron chi connectivity index (χ3n) is 2.13. The molecule has 19 heavy (non-hydrogen) atoms. The van der Waals surface area contributed by atoms with E-state index in [1.807, 2.05) is 6.92 Å². The summed E-state index contributed by atoms with van der Waals surface area (Å²) in [5.74, 6) is 1.28. The molecule has 1 amide bonds. The molecular formula is C13H18N2O4. The van der Waals surface area contributed by atoms with E-state index in [4.69, 9.17) is 9.47 Å². The number of carbonyl (C=O) groups excluding carboxylic acids is 1. The number of ether oxygens (including phenoxy) is 3. The van der Waals surface area contributed by atoms with E-state index in [1.54, 1.807) is 32.2 Å². The number of benzene rings is 1. The summed E-state index contributed by atoms with van der Waals surface area (Å²) in [5.41, 5.74) is 3.03. The van der Waals surface area contributed by atoms with Gasteiger partial charge in [0, 0.05) is 0 Å². The van der Waals surface area contributed by atoms with Crippen LogP contribution >= 0.6 is 0 Å². The summed E-state index contributed by atoms with van der Waals surface area (Å²) in [4.78, 5) is 11.0. The zero-order valence-electron chi connectivity index (χ0n) is 11.3. The van der Waals surface area contributed by atoms with Crippen molar-refractivity contribution >= 4 is 12.3 Å². The minimum absolute atomic E-state index is 0.304. The van der Waals surface area contributed by atoms with Crippen molar-refractivity contribution in [2.75, 3.05) is 20.3 Å². The SMILES string of the molecule is CCOC(=O)N/N=C\c1ccc(OC)c(OCC)c1. The third-order valence-corrected chi connectivity index (χ3v) is 2.13. The number of nitrogens with zero attached hydrogens (tertiary/aromatic N) is 1. The van der Waals surface area contributed by atoms with Crippen molar-refractivity contribution in [1.29, 1.82) is 0 Å². The summed E-state index contributed by atoms with van der Waals surface area (Å²) in [5, 5.41) is 3.77.